The molecule has 29 heavy (non-hydrogen) atoms. The summed E-state index contributed by atoms with van der Waals surface area (Å²) in [4.78, 5) is 33.7. The van der Waals surface area contributed by atoms with Crippen molar-refractivity contribution in [3.05, 3.63) is 57.0 Å². The highest BCUT2D eigenvalue weighted by Gasteiger charge is 2.19. The number of hydrogen-bond acceptors (Lipinski definition) is 5. The van der Waals surface area contributed by atoms with Crippen molar-refractivity contribution in [2.75, 3.05) is 24.5 Å². The molecular formula is C22H26N4O2S. The summed E-state index contributed by atoms with van der Waals surface area (Å²) >= 11 is 1.70. The maximum atomic E-state index is 13.1. The second-order valence-electron chi connectivity index (χ2n) is 7.36. The number of carbonyl (C=O) groups excluding carboxylic acids is 1. The van der Waals surface area contributed by atoms with Gasteiger partial charge in [0.25, 0.3) is 5.56 Å². The molecule has 1 aromatic carbocycles. The van der Waals surface area contributed by atoms with E-state index in [0.29, 0.717) is 24.4 Å². The first-order valence-electron chi connectivity index (χ1n) is 10.3. The Kier molecular flexibility index (Phi) is 6.24. The van der Waals surface area contributed by atoms with Crippen LogP contribution >= 0.6 is 11.3 Å². The molecule has 0 aliphatic carbocycles. The SMILES string of the molecule is O=C(CCn1c(N2CCCCC2)nc2ccccc2c1=O)NCCc1cccs1. The van der Waals surface area contributed by atoms with E-state index in [1.807, 2.05) is 35.7 Å². The number of aromatic nitrogens is 2. The van der Waals surface area contributed by atoms with Crippen LogP contribution in [0.1, 0.15) is 30.6 Å². The van der Waals surface area contributed by atoms with E-state index in [2.05, 4.69) is 16.3 Å². The molecule has 4 rings (SSSR count). The van der Waals surface area contributed by atoms with E-state index in [0.717, 1.165) is 37.9 Å². The predicted molar refractivity (Wildman–Crippen MR) is 118 cm³/mol. The van der Waals surface area contributed by atoms with Crippen molar-refractivity contribution in [1.82, 2.24) is 14.9 Å². The number of piperidine rings is 1. The third-order valence-corrected chi connectivity index (χ3v) is 6.25. The largest absolute Gasteiger partial charge is 0.356 e. The van der Waals surface area contributed by atoms with Crippen LogP contribution in [0, 0.1) is 0 Å². The first-order valence-corrected chi connectivity index (χ1v) is 11.1. The maximum Gasteiger partial charge on any atom is 0.262 e. The molecule has 3 heterocycles. The third-order valence-electron chi connectivity index (χ3n) is 5.32. The Balaban J connectivity index is 1.49. The minimum Gasteiger partial charge on any atom is -0.356 e. The van der Waals surface area contributed by atoms with Gasteiger partial charge < -0.3 is 10.2 Å². The Hall–Kier alpha value is -2.67. The monoisotopic (exact) mass is 410 g/mol. The van der Waals surface area contributed by atoms with Gasteiger partial charge in [-0.05, 0) is 49.3 Å². The molecule has 1 fully saturated rings. The second kappa shape index (κ2) is 9.22. The van der Waals surface area contributed by atoms with Crippen molar-refractivity contribution in [2.24, 2.45) is 0 Å². The van der Waals surface area contributed by atoms with Crippen LogP contribution in [-0.4, -0.2) is 35.1 Å². The number of fused-ring (bicyclic) bond motifs is 1. The van der Waals surface area contributed by atoms with E-state index >= 15 is 0 Å². The zero-order valence-corrected chi connectivity index (χ0v) is 17.3. The van der Waals surface area contributed by atoms with Crippen molar-refractivity contribution < 1.29 is 4.79 Å². The van der Waals surface area contributed by atoms with Crippen LogP contribution < -0.4 is 15.8 Å². The summed E-state index contributed by atoms with van der Waals surface area (Å²) in [6.45, 7) is 2.76. The number of anilines is 1. The molecule has 3 aromatic rings. The van der Waals surface area contributed by atoms with Crippen LogP contribution in [0.15, 0.2) is 46.6 Å². The summed E-state index contributed by atoms with van der Waals surface area (Å²) in [5, 5.41) is 5.61. The average Bonchev–Trinajstić information content (AvgIpc) is 3.27. The molecule has 0 bridgehead atoms. The molecule has 6 nitrogen and oxygen atoms in total. The smallest absolute Gasteiger partial charge is 0.262 e. The molecule has 0 spiro atoms. The van der Waals surface area contributed by atoms with Gasteiger partial charge in [0.15, 0.2) is 0 Å². The second-order valence-corrected chi connectivity index (χ2v) is 8.40. The summed E-state index contributed by atoms with van der Waals surface area (Å²) in [6.07, 6.45) is 4.52. The molecule has 1 saturated heterocycles. The fourth-order valence-electron chi connectivity index (χ4n) is 3.77. The van der Waals surface area contributed by atoms with Gasteiger partial charge in [-0.15, -0.1) is 11.3 Å². The number of benzene rings is 1. The molecule has 0 saturated carbocycles. The quantitative estimate of drug-likeness (QED) is 0.650. The van der Waals surface area contributed by atoms with E-state index < -0.39 is 0 Å². The Morgan fingerprint density at radius 1 is 1.10 bits per heavy atom. The van der Waals surface area contributed by atoms with Gasteiger partial charge in [0.1, 0.15) is 0 Å². The summed E-state index contributed by atoms with van der Waals surface area (Å²) in [7, 11) is 0. The van der Waals surface area contributed by atoms with Crippen molar-refractivity contribution in [3.8, 4) is 0 Å². The number of para-hydroxylation sites is 1. The number of nitrogens with zero attached hydrogens (tertiary/aromatic N) is 3. The van der Waals surface area contributed by atoms with Gasteiger partial charge >= 0.3 is 0 Å². The molecule has 0 unspecified atom stereocenters. The van der Waals surface area contributed by atoms with Gasteiger partial charge in [-0.3, -0.25) is 14.2 Å². The number of amides is 1. The highest BCUT2D eigenvalue weighted by atomic mass is 32.1. The molecule has 1 aliphatic heterocycles. The van der Waals surface area contributed by atoms with E-state index in [-0.39, 0.29) is 17.9 Å². The van der Waals surface area contributed by atoms with Crippen LogP contribution in [0.3, 0.4) is 0 Å². The summed E-state index contributed by atoms with van der Waals surface area (Å²) in [5.41, 5.74) is 0.650. The fraction of sp³-hybridized carbons (Fsp3) is 0.409. The number of carbonyl (C=O) groups is 1. The van der Waals surface area contributed by atoms with Crippen molar-refractivity contribution >= 4 is 34.1 Å². The van der Waals surface area contributed by atoms with Crippen LogP contribution in [0.25, 0.3) is 10.9 Å². The Bertz CT molecular complexity index is 1020. The van der Waals surface area contributed by atoms with Gasteiger partial charge in [0.05, 0.1) is 10.9 Å². The van der Waals surface area contributed by atoms with Gasteiger partial charge in [-0.25, -0.2) is 4.98 Å². The first kappa shape index (κ1) is 19.6. The lowest BCUT2D eigenvalue weighted by Gasteiger charge is -2.29. The molecule has 0 radical (unpaired) electrons. The number of hydrogen-bond donors (Lipinski definition) is 1. The lowest BCUT2D eigenvalue weighted by molar-refractivity contribution is -0.121. The highest BCUT2D eigenvalue weighted by Crippen LogP contribution is 2.19. The summed E-state index contributed by atoms with van der Waals surface area (Å²) in [5.74, 6) is 0.658. The molecule has 1 aliphatic rings. The lowest BCUT2D eigenvalue weighted by atomic mass is 10.1. The standard InChI is InChI=1S/C22H26N4O2S/c27-20(23-12-10-17-7-6-16-29-17)11-15-26-21(28)18-8-2-3-9-19(18)24-22(26)25-13-4-1-5-14-25/h2-3,6-9,16H,1,4-5,10-15H2,(H,23,27). The molecule has 2 aromatic heterocycles. The Morgan fingerprint density at radius 3 is 2.72 bits per heavy atom. The first-order chi connectivity index (χ1) is 14.2. The molecule has 7 heteroatoms. The van der Waals surface area contributed by atoms with E-state index in [9.17, 15) is 9.59 Å². The molecule has 1 amide bonds. The van der Waals surface area contributed by atoms with Crippen molar-refractivity contribution in [2.45, 2.75) is 38.6 Å². The number of thiophene rings is 1. The van der Waals surface area contributed by atoms with Crippen LogP contribution in [0.4, 0.5) is 5.95 Å². The van der Waals surface area contributed by atoms with Crippen molar-refractivity contribution in [1.29, 1.82) is 0 Å². The van der Waals surface area contributed by atoms with E-state index in [1.165, 1.54) is 11.3 Å². The van der Waals surface area contributed by atoms with E-state index in [4.69, 9.17) is 4.98 Å². The van der Waals surface area contributed by atoms with Gasteiger partial charge in [0.2, 0.25) is 11.9 Å². The normalized spacial score (nSPS) is 14.3. The van der Waals surface area contributed by atoms with Gasteiger partial charge in [-0.1, -0.05) is 18.2 Å². The van der Waals surface area contributed by atoms with Crippen LogP contribution in [-0.2, 0) is 17.8 Å². The predicted octanol–water partition coefficient (Wildman–Crippen LogP) is 3.20. The van der Waals surface area contributed by atoms with E-state index in [1.54, 1.807) is 15.9 Å². The highest BCUT2D eigenvalue weighted by molar-refractivity contribution is 7.09. The molecule has 0 atom stereocenters. The van der Waals surface area contributed by atoms with Gasteiger partial charge in [0, 0.05) is 37.5 Å². The van der Waals surface area contributed by atoms with Crippen molar-refractivity contribution in [3.63, 3.8) is 0 Å². The zero-order chi connectivity index (χ0) is 20.1. The minimum absolute atomic E-state index is 0.0359. The molecule has 1 N–H and O–H groups in total. The average molecular weight is 411 g/mol. The molecule has 152 valence electrons. The number of nitrogens with one attached hydrogen (secondary N) is 1. The zero-order valence-electron chi connectivity index (χ0n) is 16.5. The van der Waals surface area contributed by atoms with Crippen LogP contribution in [0.5, 0.6) is 0 Å². The minimum atomic E-state index is -0.0671. The topological polar surface area (TPSA) is 67.2 Å². The van der Waals surface area contributed by atoms with Gasteiger partial charge in [-0.2, -0.15) is 0 Å². The summed E-state index contributed by atoms with van der Waals surface area (Å²) in [6, 6.07) is 11.5. The third kappa shape index (κ3) is 4.67. The summed E-state index contributed by atoms with van der Waals surface area (Å²) < 4.78 is 1.69. The number of rotatable bonds is 7. The fourth-order valence-corrected chi connectivity index (χ4v) is 4.48. The Morgan fingerprint density at radius 2 is 1.93 bits per heavy atom. The maximum absolute atomic E-state index is 13.1. The molecular weight excluding hydrogens is 384 g/mol. The van der Waals surface area contributed by atoms with Crippen LogP contribution in [0.2, 0.25) is 0 Å². The lowest BCUT2D eigenvalue weighted by Crippen LogP contribution is -2.37. The Labute approximate surface area is 174 Å².